The molecule has 0 aromatic rings. The van der Waals surface area contributed by atoms with E-state index in [9.17, 15) is 0 Å². The van der Waals surface area contributed by atoms with Crippen LogP contribution in [-0.2, 0) is 0 Å². The van der Waals surface area contributed by atoms with E-state index in [1.165, 1.54) is 38.9 Å². The van der Waals surface area contributed by atoms with Crippen LogP contribution in [0.15, 0.2) is 0 Å². The van der Waals surface area contributed by atoms with Crippen molar-refractivity contribution in [1.82, 2.24) is 4.90 Å². The van der Waals surface area contributed by atoms with Crippen molar-refractivity contribution in [2.75, 3.05) is 26.2 Å². The van der Waals surface area contributed by atoms with E-state index in [4.69, 9.17) is 5.11 Å². The van der Waals surface area contributed by atoms with E-state index in [1.807, 2.05) is 13.8 Å². The fourth-order valence-electron chi connectivity index (χ4n) is 1.26. The van der Waals surface area contributed by atoms with Gasteiger partial charge in [-0.2, -0.15) is 0 Å². The van der Waals surface area contributed by atoms with E-state index in [0.29, 0.717) is 6.61 Å². The Balaban J connectivity index is -0.000000174. The molecule has 0 aliphatic carbocycles. The van der Waals surface area contributed by atoms with Crippen molar-refractivity contribution >= 4 is 0 Å². The zero-order chi connectivity index (χ0) is 13.9. The van der Waals surface area contributed by atoms with Crippen LogP contribution < -0.4 is 0 Å². The molecule has 0 unspecified atom stereocenters. The first kappa shape index (κ1) is 22.1. The second-order valence-electron chi connectivity index (χ2n) is 3.93. The molecule has 0 aromatic heterocycles. The number of likely N-dealkylation sites (tertiary alicyclic amines) is 1. The van der Waals surface area contributed by atoms with Crippen LogP contribution in [0.1, 0.15) is 73.6 Å². The van der Waals surface area contributed by atoms with Crippen molar-refractivity contribution in [1.29, 1.82) is 0 Å². The number of nitrogens with zero attached hydrogens (tertiary/aromatic N) is 1. The van der Waals surface area contributed by atoms with Crippen molar-refractivity contribution in [3.8, 4) is 0 Å². The molecule has 1 saturated heterocycles. The Morgan fingerprint density at radius 1 is 0.941 bits per heavy atom. The van der Waals surface area contributed by atoms with Crippen LogP contribution in [0.3, 0.4) is 0 Å². The third-order valence-corrected chi connectivity index (χ3v) is 2.16. The maximum atomic E-state index is 8.07. The first-order chi connectivity index (χ1) is 8.26. The van der Waals surface area contributed by atoms with Crippen molar-refractivity contribution in [3.63, 3.8) is 0 Å². The standard InChI is InChI=1S/C6H13N.C4H10O.C3H8.C2H6/c1-2-7-5-3-4-6-7;1-2-3-4-5;1-3-2;1-2/h2-6H2,1H3;5H,2-4H2,1H3;3H2,1-2H3;1-2H3. The summed E-state index contributed by atoms with van der Waals surface area (Å²) in [6, 6.07) is 0. The Bertz CT molecular complexity index is 88.9. The van der Waals surface area contributed by atoms with Gasteiger partial charge in [0.05, 0.1) is 0 Å². The van der Waals surface area contributed by atoms with Crippen LogP contribution in [0.25, 0.3) is 0 Å². The third-order valence-electron chi connectivity index (χ3n) is 2.16. The lowest BCUT2D eigenvalue weighted by atomic mass is 10.4. The zero-order valence-corrected chi connectivity index (χ0v) is 13.3. The molecule has 1 N–H and O–H groups in total. The molecule has 2 heteroatoms. The van der Waals surface area contributed by atoms with Gasteiger partial charge in [0.15, 0.2) is 0 Å². The van der Waals surface area contributed by atoms with E-state index >= 15 is 0 Å². The molecular formula is C15H37NO. The molecule has 0 aromatic carbocycles. The van der Waals surface area contributed by atoms with E-state index in [2.05, 4.69) is 32.6 Å². The minimum Gasteiger partial charge on any atom is -0.396 e. The summed E-state index contributed by atoms with van der Waals surface area (Å²) in [5, 5.41) is 8.07. The number of hydrogen-bond acceptors (Lipinski definition) is 2. The lowest BCUT2D eigenvalue weighted by Gasteiger charge is -2.08. The molecule has 108 valence electrons. The SMILES string of the molecule is CC.CCC.CCCCO.CCN1CCCC1. The fraction of sp³-hybridized carbons (Fsp3) is 1.00. The number of unbranched alkanes of at least 4 members (excludes halogenated alkanes) is 1. The molecule has 0 atom stereocenters. The Kier molecular flexibility index (Phi) is 32.5. The van der Waals surface area contributed by atoms with Crippen molar-refractivity contribution in [3.05, 3.63) is 0 Å². The third kappa shape index (κ3) is 25.9. The topological polar surface area (TPSA) is 23.5 Å². The van der Waals surface area contributed by atoms with Gasteiger partial charge in [0.1, 0.15) is 0 Å². The van der Waals surface area contributed by atoms with Gasteiger partial charge in [-0.15, -0.1) is 0 Å². The average Bonchev–Trinajstić information content (AvgIpc) is 2.87. The van der Waals surface area contributed by atoms with Crippen LogP contribution in [-0.4, -0.2) is 36.2 Å². The van der Waals surface area contributed by atoms with E-state index in [1.54, 1.807) is 0 Å². The van der Waals surface area contributed by atoms with Crippen LogP contribution in [0.4, 0.5) is 0 Å². The van der Waals surface area contributed by atoms with E-state index in [-0.39, 0.29) is 0 Å². The molecule has 1 aliphatic heterocycles. The quantitative estimate of drug-likeness (QED) is 0.802. The van der Waals surface area contributed by atoms with Crippen LogP contribution in [0.2, 0.25) is 0 Å². The molecule has 1 heterocycles. The van der Waals surface area contributed by atoms with Crippen molar-refractivity contribution in [2.45, 2.75) is 73.6 Å². The molecular weight excluding hydrogens is 210 g/mol. The summed E-state index contributed by atoms with van der Waals surface area (Å²) in [5.74, 6) is 0. The van der Waals surface area contributed by atoms with Gasteiger partial charge in [0.2, 0.25) is 0 Å². The van der Waals surface area contributed by atoms with Crippen molar-refractivity contribution in [2.24, 2.45) is 0 Å². The fourth-order valence-corrected chi connectivity index (χ4v) is 1.26. The summed E-state index contributed by atoms with van der Waals surface area (Å²) < 4.78 is 0. The molecule has 0 spiro atoms. The Labute approximate surface area is 110 Å². The number of rotatable bonds is 3. The summed E-state index contributed by atoms with van der Waals surface area (Å²) in [7, 11) is 0. The highest BCUT2D eigenvalue weighted by Gasteiger charge is 2.06. The minimum absolute atomic E-state index is 0.344. The van der Waals surface area contributed by atoms with Crippen LogP contribution in [0.5, 0.6) is 0 Å². The monoisotopic (exact) mass is 247 g/mol. The Morgan fingerprint density at radius 3 is 1.47 bits per heavy atom. The number of aliphatic hydroxyl groups excluding tert-OH is 1. The van der Waals surface area contributed by atoms with Gasteiger partial charge >= 0.3 is 0 Å². The summed E-state index contributed by atoms with van der Waals surface area (Å²) in [6.07, 6.45) is 6.14. The highest BCUT2D eigenvalue weighted by Crippen LogP contribution is 2.04. The van der Waals surface area contributed by atoms with Gasteiger partial charge in [-0.3, -0.25) is 0 Å². The van der Waals surface area contributed by atoms with Gasteiger partial charge < -0.3 is 10.0 Å². The Hall–Kier alpha value is -0.0800. The van der Waals surface area contributed by atoms with Gasteiger partial charge in [-0.25, -0.2) is 0 Å². The van der Waals surface area contributed by atoms with Gasteiger partial charge in [0, 0.05) is 6.61 Å². The van der Waals surface area contributed by atoms with E-state index in [0.717, 1.165) is 12.8 Å². The predicted molar refractivity (Wildman–Crippen MR) is 80.7 cm³/mol. The van der Waals surface area contributed by atoms with Gasteiger partial charge in [-0.1, -0.05) is 54.4 Å². The molecule has 2 nitrogen and oxygen atoms in total. The molecule has 1 rings (SSSR count). The number of hydrogen-bond donors (Lipinski definition) is 1. The highest BCUT2D eigenvalue weighted by molar-refractivity contribution is 4.62. The molecule has 0 saturated carbocycles. The van der Waals surface area contributed by atoms with Crippen LogP contribution in [0, 0.1) is 0 Å². The number of aliphatic hydroxyl groups is 1. The maximum absolute atomic E-state index is 8.07. The summed E-state index contributed by atoms with van der Waals surface area (Å²) in [6.45, 7) is 16.8. The highest BCUT2D eigenvalue weighted by atomic mass is 16.2. The lowest BCUT2D eigenvalue weighted by molar-refractivity contribution is 0.287. The smallest absolute Gasteiger partial charge is 0.0430 e. The lowest BCUT2D eigenvalue weighted by Crippen LogP contribution is -2.17. The molecule has 17 heavy (non-hydrogen) atoms. The second kappa shape index (κ2) is 24.9. The first-order valence-corrected chi connectivity index (χ1v) is 7.59. The molecule has 1 fully saturated rings. The van der Waals surface area contributed by atoms with Gasteiger partial charge in [-0.05, 0) is 38.9 Å². The predicted octanol–water partition coefficient (Wildman–Crippen LogP) is 4.32. The summed E-state index contributed by atoms with van der Waals surface area (Å²) in [4.78, 5) is 2.49. The summed E-state index contributed by atoms with van der Waals surface area (Å²) in [5.41, 5.74) is 0. The molecule has 1 aliphatic rings. The Morgan fingerprint density at radius 2 is 1.35 bits per heavy atom. The first-order valence-electron chi connectivity index (χ1n) is 7.59. The summed E-state index contributed by atoms with van der Waals surface area (Å²) >= 11 is 0. The van der Waals surface area contributed by atoms with Crippen LogP contribution >= 0.6 is 0 Å². The molecule has 0 radical (unpaired) electrons. The molecule has 0 bridgehead atoms. The second-order valence-corrected chi connectivity index (χ2v) is 3.93. The zero-order valence-electron chi connectivity index (χ0n) is 13.3. The van der Waals surface area contributed by atoms with Gasteiger partial charge in [0.25, 0.3) is 0 Å². The largest absolute Gasteiger partial charge is 0.396 e. The van der Waals surface area contributed by atoms with E-state index < -0.39 is 0 Å². The normalized spacial score (nSPS) is 13.6. The average molecular weight is 247 g/mol. The van der Waals surface area contributed by atoms with Crippen molar-refractivity contribution < 1.29 is 5.11 Å². The maximum Gasteiger partial charge on any atom is 0.0430 e. The minimum atomic E-state index is 0.344. The molecule has 0 amide bonds.